The van der Waals surface area contributed by atoms with Crippen LogP contribution in [0.3, 0.4) is 0 Å². The second-order valence-corrected chi connectivity index (χ2v) is 3.90. The first-order chi connectivity index (χ1) is 6.24. The Morgan fingerprint density at radius 2 is 2.08 bits per heavy atom. The second kappa shape index (κ2) is 5.05. The molecule has 13 heavy (non-hydrogen) atoms. The fourth-order valence-corrected chi connectivity index (χ4v) is 1.88. The first-order valence-electron chi connectivity index (χ1n) is 5.12. The van der Waals surface area contributed by atoms with Crippen LogP contribution in [0.5, 0.6) is 0 Å². The standard InChI is InChI=1S/C11H19NO/c1-3-12(2)11(13)9-10-7-5-4-6-8-10/h3,10H,1,4-9H2,2H3. The van der Waals surface area contributed by atoms with Gasteiger partial charge in [-0.3, -0.25) is 4.79 Å². The van der Waals surface area contributed by atoms with E-state index in [0.717, 1.165) is 0 Å². The molecule has 0 aromatic rings. The van der Waals surface area contributed by atoms with E-state index >= 15 is 0 Å². The van der Waals surface area contributed by atoms with Gasteiger partial charge in [0.05, 0.1) is 0 Å². The van der Waals surface area contributed by atoms with Gasteiger partial charge >= 0.3 is 0 Å². The Labute approximate surface area is 80.6 Å². The van der Waals surface area contributed by atoms with Crippen LogP contribution in [0, 0.1) is 5.92 Å². The highest BCUT2D eigenvalue weighted by Gasteiger charge is 2.17. The maximum atomic E-state index is 11.5. The van der Waals surface area contributed by atoms with Crippen LogP contribution in [-0.2, 0) is 4.79 Å². The number of hydrogen-bond acceptors (Lipinski definition) is 1. The predicted molar refractivity (Wildman–Crippen MR) is 54.2 cm³/mol. The van der Waals surface area contributed by atoms with E-state index in [1.54, 1.807) is 18.1 Å². The molecule has 0 aromatic heterocycles. The van der Waals surface area contributed by atoms with Gasteiger partial charge in [0.15, 0.2) is 0 Å². The van der Waals surface area contributed by atoms with Crippen LogP contribution in [0.4, 0.5) is 0 Å². The fraction of sp³-hybridized carbons (Fsp3) is 0.727. The summed E-state index contributed by atoms with van der Waals surface area (Å²) < 4.78 is 0. The molecule has 0 atom stereocenters. The number of hydrogen-bond donors (Lipinski definition) is 0. The molecule has 1 rings (SSSR count). The molecule has 0 bridgehead atoms. The number of nitrogens with zero attached hydrogens (tertiary/aromatic N) is 1. The average molecular weight is 181 g/mol. The van der Waals surface area contributed by atoms with Crippen LogP contribution in [0.1, 0.15) is 38.5 Å². The Bertz CT molecular complexity index is 183. The van der Waals surface area contributed by atoms with Crippen molar-refractivity contribution in [2.75, 3.05) is 7.05 Å². The molecule has 1 amide bonds. The van der Waals surface area contributed by atoms with Gasteiger partial charge in [-0.1, -0.05) is 25.8 Å². The monoisotopic (exact) mass is 181 g/mol. The number of carbonyl (C=O) groups is 1. The third kappa shape index (κ3) is 3.21. The molecule has 0 radical (unpaired) electrons. The zero-order valence-corrected chi connectivity index (χ0v) is 8.46. The first kappa shape index (κ1) is 10.3. The van der Waals surface area contributed by atoms with Gasteiger partial charge in [-0.05, 0) is 25.0 Å². The van der Waals surface area contributed by atoms with Crippen molar-refractivity contribution >= 4 is 5.91 Å². The van der Waals surface area contributed by atoms with Crippen molar-refractivity contribution < 1.29 is 4.79 Å². The van der Waals surface area contributed by atoms with Gasteiger partial charge in [-0.25, -0.2) is 0 Å². The topological polar surface area (TPSA) is 20.3 Å². The zero-order valence-electron chi connectivity index (χ0n) is 8.46. The van der Waals surface area contributed by atoms with Gasteiger partial charge in [0.25, 0.3) is 0 Å². The highest BCUT2D eigenvalue weighted by molar-refractivity contribution is 5.77. The average Bonchev–Trinajstić information content (AvgIpc) is 2.18. The lowest BCUT2D eigenvalue weighted by Crippen LogP contribution is -2.24. The summed E-state index contributed by atoms with van der Waals surface area (Å²) in [6.07, 6.45) is 8.72. The molecule has 0 unspecified atom stereocenters. The molecule has 0 aromatic carbocycles. The highest BCUT2D eigenvalue weighted by Crippen LogP contribution is 2.26. The number of rotatable bonds is 3. The van der Waals surface area contributed by atoms with E-state index in [9.17, 15) is 4.79 Å². The van der Waals surface area contributed by atoms with Crippen molar-refractivity contribution in [2.24, 2.45) is 5.92 Å². The van der Waals surface area contributed by atoms with E-state index in [1.165, 1.54) is 32.1 Å². The normalized spacial score (nSPS) is 18.2. The largest absolute Gasteiger partial charge is 0.323 e. The van der Waals surface area contributed by atoms with Crippen LogP contribution in [0.2, 0.25) is 0 Å². The van der Waals surface area contributed by atoms with Crippen LogP contribution in [0.15, 0.2) is 12.8 Å². The Morgan fingerprint density at radius 3 is 2.62 bits per heavy atom. The molecule has 74 valence electrons. The third-order valence-corrected chi connectivity index (χ3v) is 2.86. The molecular formula is C11H19NO. The molecule has 2 nitrogen and oxygen atoms in total. The Balaban J connectivity index is 2.29. The molecule has 0 aliphatic heterocycles. The van der Waals surface area contributed by atoms with Gasteiger partial charge in [-0.2, -0.15) is 0 Å². The maximum absolute atomic E-state index is 11.5. The molecular weight excluding hydrogens is 162 g/mol. The Hall–Kier alpha value is -0.790. The quantitative estimate of drug-likeness (QED) is 0.655. The van der Waals surface area contributed by atoms with E-state index < -0.39 is 0 Å². The van der Waals surface area contributed by atoms with Gasteiger partial charge in [0, 0.05) is 13.5 Å². The smallest absolute Gasteiger partial charge is 0.226 e. The van der Waals surface area contributed by atoms with Crippen molar-refractivity contribution in [2.45, 2.75) is 38.5 Å². The summed E-state index contributed by atoms with van der Waals surface area (Å²) in [6.45, 7) is 3.58. The minimum absolute atomic E-state index is 0.210. The second-order valence-electron chi connectivity index (χ2n) is 3.90. The lowest BCUT2D eigenvalue weighted by atomic mass is 9.87. The van der Waals surface area contributed by atoms with E-state index in [-0.39, 0.29) is 5.91 Å². The van der Waals surface area contributed by atoms with Gasteiger partial charge in [-0.15, -0.1) is 0 Å². The summed E-state index contributed by atoms with van der Waals surface area (Å²) in [5.41, 5.74) is 0. The lowest BCUT2D eigenvalue weighted by molar-refractivity contribution is -0.128. The molecule has 0 N–H and O–H groups in total. The minimum atomic E-state index is 0.210. The summed E-state index contributed by atoms with van der Waals surface area (Å²) in [5, 5.41) is 0. The van der Waals surface area contributed by atoms with Crippen LogP contribution in [0.25, 0.3) is 0 Å². The number of amides is 1. The van der Waals surface area contributed by atoms with Crippen LogP contribution in [-0.4, -0.2) is 17.9 Å². The molecule has 2 heteroatoms. The minimum Gasteiger partial charge on any atom is -0.323 e. The summed E-state index contributed by atoms with van der Waals surface area (Å²) in [4.78, 5) is 13.1. The summed E-state index contributed by atoms with van der Waals surface area (Å²) in [7, 11) is 1.78. The summed E-state index contributed by atoms with van der Waals surface area (Å²) in [5.74, 6) is 0.838. The van der Waals surface area contributed by atoms with Crippen LogP contribution >= 0.6 is 0 Å². The number of carbonyl (C=O) groups excluding carboxylic acids is 1. The first-order valence-corrected chi connectivity index (χ1v) is 5.12. The Kier molecular flexibility index (Phi) is 4.00. The van der Waals surface area contributed by atoms with E-state index in [2.05, 4.69) is 6.58 Å². The lowest BCUT2D eigenvalue weighted by Gasteiger charge is -2.22. The van der Waals surface area contributed by atoms with Crippen molar-refractivity contribution in [1.82, 2.24) is 4.90 Å². The predicted octanol–water partition coefficient (Wildman–Crippen LogP) is 2.56. The highest BCUT2D eigenvalue weighted by atomic mass is 16.2. The van der Waals surface area contributed by atoms with E-state index in [4.69, 9.17) is 0 Å². The molecule has 0 spiro atoms. The maximum Gasteiger partial charge on any atom is 0.226 e. The fourth-order valence-electron chi connectivity index (χ4n) is 1.88. The molecule has 1 saturated carbocycles. The molecule has 0 saturated heterocycles. The van der Waals surface area contributed by atoms with Gasteiger partial charge in [0.2, 0.25) is 5.91 Å². The van der Waals surface area contributed by atoms with E-state index in [1.807, 2.05) is 0 Å². The summed E-state index contributed by atoms with van der Waals surface area (Å²) >= 11 is 0. The molecule has 1 aliphatic carbocycles. The zero-order chi connectivity index (χ0) is 9.68. The van der Waals surface area contributed by atoms with Gasteiger partial charge < -0.3 is 4.90 Å². The van der Waals surface area contributed by atoms with E-state index in [0.29, 0.717) is 12.3 Å². The van der Waals surface area contributed by atoms with Crippen molar-refractivity contribution in [1.29, 1.82) is 0 Å². The SMILES string of the molecule is C=CN(C)C(=O)CC1CCCCC1. The molecule has 0 heterocycles. The van der Waals surface area contributed by atoms with Crippen molar-refractivity contribution in [3.63, 3.8) is 0 Å². The van der Waals surface area contributed by atoms with Crippen molar-refractivity contribution in [3.05, 3.63) is 12.8 Å². The third-order valence-electron chi connectivity index (χ3n) is 2.86. The van der Waals surface area contributed by atoms with Gasteiger partial charge in [0.1, 0.15) is 0 Å². The summed E-state index contributed by atoms with van der Waals surface area (Å²) in [6, 6.07) is 0. The van der Waals surface area contributed by atoms with Crippen LogP contribution < -0.4 is 0 Å². The molecule has 1 fully saturated rings. The van der Waals surface area contributed by atoms with Crippen molar-refractivity contribution in [3.8, 4) is 0 Å². The Morgan fingerprint density at radius 1 is 1.46 bits per heavy atom. The molecule has 1 aliphatic rings.